The number of carbonyl (C=O) groups is 1. The van der Waals surface area contributed by atoms with Crippen molar-refractivity contribution in [2.45, 2.75) is 40.0 Å². The van der Waals surface area contributed by atoms with Crippen LogP contribution >= 0.6 is 11.3 Å². The monoisotopic (exact) mass is 388 g/mol. The van der Waals surface area contributed by atoms with Crippen LogP contribution in [-0.4, -0.2) is 33.7 Å². The minimum atomic E-state index is -1.04. The average Bonchev–Trinajstić information content (AvgIpc) is 3.16. The third-order valence-electron chi connectivity index (χ3n) is 4.19. The molecule has 0 saturated heterocycles. The number of fused-ring (bicyclic) bond motifs is 1. The first-order valence-electron chi connectivity index (χ1n) is 8.90. The summed E-state index contributed by atoms with van der Waals surface area (Å²) in [5.41, 5.74) is 2.68. The van der Waals surface area contributed by atoms with Gasteiger partial charge in [-0.25, -0.2) is 9.78 Å². The van der Waals surface area contributed by atoms with Gasteiger partial charge in [-0.05, 0) is 31.4 Å². The summed E-state index contributed by atoms with van der Waals surface area (Å²) in [7, 11) is 0. The minimum Gasteiger partial charge on any atom is -0.494 e. The molecule has 0 saturated carbocycles. The van der Waals surface area contributed by atoms with Crippen LogP contribution in [0.4, 0.5) is 0 Å². The number of aromatic carboxylic acids is 1. The molecule has 144 valence electrons. The molecular formula is C20H24N2O4S. The van der Waals surface area contributed by atoms with Gasteiger partial charge >= 0.3 is 5.97 Å². The number of hydrogen-bond donors (Lipinski definition) is 1. The number of imidazole rings is 1. The van der Waals surface area contributed by atoms with Gasteiger partial charge in [0.2, 0.25) is 0 Å². The molecule has 0 spiro atoms. The highest BCUT2D eigenvalue weighted by Gasteiger charge is 2.24. The first-order chi connectivity index (χ1) is 12.8. The Morgan fingerprint density at radius 3 is 2.44 bits per heavy atom. The number of ether oxygens (including phenoxy) is 2. The van der Waals surface area contributed by atoms with Crippen molar-refractivity contribution >= 4 is 22.3 Å². The van der Waals surface area contributed by atoms with Crippen LogP contribution in [0.1, 0.15) is 50.7 Å². The van der Waals surface area contributed by atoms with Gasteiger partial charge in [-0.2, -0.15) is 0 Å². The SMILES string of the molecule is CCOc1cc(C(C)(C)C)c(OCC)cc1-c1csc2nc(C(=O)O)cn12. The van der Waals surface area contributed by atoms with E-state index in [-0.39, 0.29) is 11.1 Å². The van der Waals surface area contributed by atoms with Crippen molar-refractivity contribution in [2.75, 3.05) is 13.2 Å². The highest BCUT2D eigenvalue weighted by atomic mass is 32.1. The van der Waals surface area contributed by atoms with Crippen LogP contribution in [0.2, 0.25) is 0 Å². The van der Waals surface area contributed by atoms with Crippen LogP contribution in [0.5, 0.6) is 11.5 Å². The molecule has 0 aliphatic rings. The van der Waals surface area contributed by atoms with E-state index in [1.165, 1.54) is 17.5 Å². The van der Waals surface area contributed by atoms with Gasteiger partial charge in [0.15, 0.2) is 10.7 Å². The number of hydrogen-bond acceptors (Lipinski definition) is 5. The Hall–Kier alpha value is -2.54. The lowest BCUT2D eigenvalue weighted by Crippen LogP contribution is -2.14. The maximum Gasteiger partial charge on any atom is 0.356 e. The van der Waals surface area contributed by atoms with Crippen molar-refractivity contribution in [3.05, 3.63) is 35.0 Å². The molecule has 0 fully saturated rings. The fraction of sp³-hybridized carbons (Fsp3) is 0.400. The highest BCUT2D eigenvalue weighted by molar-refractivity contribution is 7.15. The van der Waals surface area contributed by atoms with E-state index in [2.05, 4.69) is 25.8 Å². The van der Waals surface area contributed by atoms with E-state index in [1.54, 1.807) is 4.40 Å². The van der Waals surface area contributed by atoms with E-state index in [9.17, 15) is 9.90 Å². The van der Waals surface area contributed by atoms with Crippen LogP contribution in [-0.2, 0) is 5.41 Å². The van der Waals surface area contributed by atoms with Gasteiger partial charge in [-0.1, -0.05) is 20.8 Å². The molecule has 27 heavy (non-hydrogen) atoms. The minimum absolute atomic E-state index is 0.0254. The molecule has 6 nitrogen and oxygen atoms in total. The van der Waals surface area contributed by atoms with Crippen molar-refractivity contribution in [1.29, 1.82) is 0 Å². The molecule has 0 bridgehead atoms. The molecule has 7 heteroatoms. The number of carboxylic acids is 1. The van der Waals surface area contributed by atoms with E-state index < -0.39 is 5.97 Å². The van der Waals surface area contributed by atoms with Crippen LogP contribution in [0.25, 0.3) is 16.2 Å². The molecule has 1 aromatic carbocycles. The number of nitrogens with zero attached hydrogens (tertiary/aromatic N) is 2. The maximum absolute atomic E-state index is 11.3. The first kappa shape index (κ1) is 19.2. The normalized spacial score (nSPS) is 11.7. The number of aromatic nitrogens is 2. The Morgan fingerprint density at radius 2 is 1.85 bits per heavy atom. The van der Waals surface area contributed by atoms with Crippen LogP contribution in [0.15, 0.2) is 23.7 Å². The zero-order valence-electron chi connectivity index (χ0n) is 16.2. The molecule has 0 radical (unpaired) electrons. The number of thiazole rings is 1. The quantitative estimate of drug-likeness (QED) is 0.653. The summed E-state index contributed by atoms with van der Waals surface area (Å²) < 4.78 is 13.6. The van der Waals surface area contributed by atoms with Crippen molar-refractivity contribution in [2.24, 2.45) is 0 Å². The Morgan fingerprint density at radius 1 is 1.19 bits per heavy atom. The lowest BCUT2D eigenvalue weighted by atomic mass is 9.85. The van der Waals surface area contributed by atoms with Gasteiger partial charge in [-0.15, -0.1) is 11.3 Å². The topological polar surface area (TPSA) is 73.1 Å². The fourth-order valence-electron chi connectivity index (χ4n) is 2.98. The first-order valence-corrected chi connectivity index (χ1v) is 9.78. The largest absolute Gasteiger partial charge is 0.494 e. The van der Waals surface area contributed by atoms with E-state index in [1.807, 2.05) is 31.4 Å². The summed E-state index contributed by atoms with van der Waals surface area (Å²) in [4.78, 5) is 16.1. The zero-order valence-corrected chi connectivity index (χ0v) is 17.0. The van der Waals surface area contributed by atoms with Gasteiger partial charge in [0.25, 0.3) is 0 Å². The molecule has 3 aromatic rings. The van der Waals surface area contributed by atoms with Gasteiger partial charge in [-0.3, -0.25) is 4.40 Å². The van der Waals surface area contributed by atoms with Crippen molar-refractivity contribution in [1.82, 2.24) is 9.38 Å². The van der Waals surface area contributed by atoms with Crippen molar-refractivity contribution < 1.29 is 19.4 Å². The number of rotatable bonds is 6. The fourth-order valence-corrected chi connectivity index (χ4v) is 3.85. The van der Waals surface area contributed by atoms with Crippen LogP contribution < -0.4 is 9.47 Å². The van der Waals surface area contributed by atoms with E-state index in [4.69, 9.17) is 9.47 Å². The molecule has 0 unspecified atom stereocenters. The van der Waals surface area contributed by atoms with Crippen LogP contribution in [0.3, 0.4) is 0 Å². The Balaban J connectivity index is 2.24. The lowest BCUT2D eigenvalue weighted by Gasteiger charge is -2.25. The summed E-state index contributed by atoms with van der Waals surface area (Å²) in [5, 5.41) is 11.2. The van der Waals surface area contributed by atoms with Gasteiger partial charge in [0.1, 0.15) is 11.5 Å². The summed E-state index contributed by atoms with van der Waals surface area (Å²) in [6, 6.07) is 4.01. The van der Waals surface area contributed by atoms with E-state index in [0.717, 1.165) is 28.3 Å². The van der Waals surface area contributed by atoms with E-state index in [0.29, 0.717) is 18.2 Å². The van der Waals surface area contributed by atoms with E-state index >= 15 is 0 Å². The Kier molecular flexibility index (Phi) is 5.15. The Bertz CT molecular complexity index is 982. The maximum atomic E-state index is 11.3. The molecule has 3 rings (SSSR count). The molecule has 2 heterocycles. The molecule has 0 aliphatic heterocycles. The highest BCUT2D eigenvalue weighted by Crippen LogP contribution is 2.42. The summed E-state index contributed by atoms with van der Waals surface area (Å²) in [5.74, 6) is 0.512. The average molecular weight is 388 g/mol. The third-order valence-corrected chi connectivity index (χ3v) is 5.03. The second-order valence-electron chi connectivity index (χ2n) is 7.17. The van der Waals surface area contributed by atoms with Crippen molar-refractivity contribution in [3.63, 3.8) is 0 Å². The third kappa shape index (κ3) is 3.64. The summed E-state index contributed by atoms with van der Waals surface area (Å²) in [6.45, 7) is 11.4. The van der Waals surface area contributed by atoms with Gasteiger partial charge in [0.05, 0.1) is 18.9 Å². The van der Waals surface area contributed by atoms with Crippen LogP contribution in [0, 0.1) is 0 Å². The molecule has 0 atom stereocenters. The lowest BCUT2D eigenvalue weighted by molar-refractivity contribution is 0.0691. The molecular weight excluding hydrogens is 364 g/mol. The second-order valence-corrected chi connectivity index (χ2v) is 8.00. The molecule has 0 amide bonds. The molecule has 1 N–H and O–H groups in total. The van der Waals surface area contributed by atoms with Gasteiger partial charge in [0, 0.05) is 22.7 Å². The predicted molar refractivity (Wildman–Crippen MR) is 107 cm³/mol. The zero-order chi connectivity index (χ0) is 19.8. The number of carboxylic acid groups (broad SMARTS) is 1. The smallest absolute Gasteiger partial charge is 0.356 e. The molecule has 2 aromatic heterocycles. The molecule has 0 aliphatic carbocycles. The van der Waals surface area contributed by atoms with Gasteiger partial charge < -0.3 is 14.6 Å². The second kappa shape index (κ2) is 7.23. The number of benzene rings is 1. The Labute approximate surface area is 162 Å². The summed E-state index contributed by atoms with van der Waals surface area (Å²) >= 11 is 1.39. The standard InChI is InChI=1S/C20H24N2O4S/c1-6-25-16-9-13(20(3,4)5)17(26-7-2)8-12(16)15-11-27-19-21-14(18(23)24)10-22(15)19/h8-11H,6-7H2,1-5H3,(H,23,24). The predicted octanol–water partition coefficient (Wildman–Crippen LogP) is 4.86. The van der Waals surface area contributed by atoms with Crippen molar-refractivity contribution in [3.8, 4) is 22.8 Å². The summed E-state index contributed by atoms with van der Waals surface area (Å²) in [6.07, 6.45) is 1.54.